The van der Waals surface area contributed by atoms with E-state index in [9.17, 15) is 4.79 Å². The number of thiophene rings is 1. The number of hydrogen-bond acceptors (Lipinski definition) is 3. The summed E-state index contributed by atoms with van der Waals surface area (Å²) in [5.74, 6) is 0.0897. The number of fused-ring (bicyclic) bond motifs is 1. The van der Waals surface area contributed by atoms with Gasteiger partial charge in [0.15, 0.2) is 0 Å². The van der Waals surface area contributed by atoms with Crippen molar-refractivity contribution in [1.29, 1.82) is 0 Å². The fraction of sp³-hybridized carbons (Fsp3) is 0.583. The Morgan fingerprint density at radius 1 is 1.75 bits per heavy atom. The summed E-state index contributed by atoms with van der Waals surface area (Å²) < 4.78 is 0. The molecule has 1 aromatic rings. The molecule has 0 radical (unpaired) electrons. The highest BCUT2D eigenvalue weighted by atomic mass is 32.1. The standard InChI is InChI=1S/C12H18N2OS/c1-3-10(13)12(15)14-6-4-11-9(8(14)2)5-7-16-11/h5,7-8,10H,3-4,6,13H2,1-2H3. The Bertz CT molecular complexity index is 388. The molecule has 0 aliphatic carbocycles. The van der Waals surface area contributed by atoms with Gasteiger partial charge in [-0.1, -0.05) is 6.92 Å². The smallest absolute Gasteiger partial charge is 0.239 e. The average Bonchev–Trinajstić information content (AvgIpc) is 2.76. The van der Waals surface area contributed by atoms with Gasteiger partial charge in [-0.15, -0.1) is 11.3 Å². The maximum Gasteiger partial charge on any atom is 0.239 e. The van der Waals surface area contributed by atoms with Gasteiger partial charge in [0.25, 0.3) is 0 Å². The van der Waals surface area contributed by atoms with E-state index in [1.807, 2.05) is 11.8 Å². The zero-order valence-corrected chi connectivity index (χ0v) is 10.6. The molecule has 4 heteroatoms. The van der Waals surface area contributed by atoms with E-state index in [1.165, 1.54) is 10.4 Å². The Balaban J connectivity index is 2.18. The van der Waals surface area contributed by atoms with Crippen molar-refractivity contribution in [3.05, 3.63) is 21.9 Å². The minimum Gasteiger partial charge on any atom is -0.334 e. The van der Waals surface area contributed by atoms with Gasteiger partial charge in [0.1, 0.15) is 0 Å². The van der Waals surface area contributed by atoms with E-state index in [2.05, 4.69) is 18.4 Å². The number of nitrogens with two attached hydrogens (primary N) is 1. The second kappa shape index (κ2) is 4.55. The molecule has 0 fully saturated rings. The molecule has 2 rings (SSSR count). The van der Waals surface area contributed by atoms with Crippen LogP contribution in [0.25, 0.3) is 0 Å². The first-order chi connectivity index (χ1) is 7.65. The van der Waals surface area contributed by atoms with E-state index in [0.29, 0.717) is 6.42 Å². The van der Waals surface area contributed by atoms with Crippen LogP contribution in [0.3, 0.4) is 0 Å². The van der Waals surface area contributed by atoms with Gasteiger partial charge in [-0.25, -0.2) is 0 Å². The Morgan fingerprint density at radius 2 is 2.50 bits per heavy atom. The third-order valence-electron chi connectivity index (χ3n) is 3.32. The van der Waals surface area contributed by atoms with Crippen LogP contribution in [0.1, 0.15) is 36.8 Å². The maximum absolute atomic E-state index is 12.1. The Morgan fingerprint density at radius 3 is 3.19 bits per heavy atom. The number of carbonyl (C=O) groups is 1. The van der Waals surface area contributed by atoms with Crippen LogP contribution in [-0.2, 0) is 11.2 Å². The highest BCUT2D eigenvalue weighted by Crippen LogP contribution is 2.32. The molecule has 0 saturated carbocycles. The predicted octanol–water partition coefficient (Wildman–Crippen LogP) is 1.93. The first-order valence-corrected chi connectivity index (χ1v) is 6.65. The van der Waals surface area contributed by atoms with Crippen LogP contribution in [-0.4, -0.2) is 23.4 Å². The lowest BCUT2D eigenvalue weighted by atomic mass is 10.0. The van der Waals surface area contributed by atoms with Crippen LogP contribution in [0.2, 0.25) is 0 Å². The van der Waals surface area contributed by atoms with Crippen LogP contribution >= 0.6 is 11.3 Å². The molecule has 1 aromatic heterocycles. The Kier molecular flexibility index (Phi) is 3.30. The number of rotatable bonds is 2. The lowest BCUT2D eigenvalue weighted by molar-refractivity contribution is -0.135. The van der Waals surface area contributed by atoms with Crippen molar-refractivity contribution in [2.45, 2.75) is 38.8 Å². The zero-order chi connectivity index (χ0) is 11.7. The van der Waals surface area contributed by atoms with E-state index in [0.717, 1.165) is 13.0 Å². The van der Waals surface area contributed by atoms with Crippen molar-refractivity contribution < 1.29 is 4.79 Å². The van der Waals surface area contributed by atoms with E-state index < -0.39 is 0 Å². The highest BCUT2D eigenvalue weighted by Gasteiger charge is 2.30. The first kappa shape index (κ1) is 11.6. The highest BCUT2D eigenvalue weighted by molar-refractivity contribution is 7.10. The van der Waals surface area contributed by atoms with Crippen molar-refractivity contribution >= 4 is 17.2 Å². The topological polar surface area (TPSA) is 46.3 Å². The molecule has 0 aromatic carbocycles. The summed E-state index contributed by atoms with van der Waals surface area (Å²) in [6.07, 6.45) is 1.68. The van der Waals surface area contributed by atoms with Gasteiger partial charge in [-0.3, -0.25) is 4.79 Å². The van der Waals surface area contributed by atoms with Crippen molar-refractivity contribution in [1.82, 2.24) is 4.90 Å². The fourth-order valence-electron chi connectivity index (χ4n) is 2.20. The van der Waals surface area contributed by atoms with Crippen LogP contribution < -0.4 is 5.73 Å². The number of nitrogens with zero attached hydrogens (tertiary/aromatic N) is 1. The molecule has 16 heavy (non-hydrogen) atoms. The summed E-state index contributed by atoms with van der Waals surface area (Å²) in [4.78, 5) is 15.4. The van der Waals surface area contributed by atoms with Gasteiger partial charge < -0.3 is 10.6 Å². The summed E-state index contributed by atoms with van der Waals surface area (Å²) >= 11 is 1.79. The van der Waals surface area contributed by atoms with Gasteiger partial charge in [-0.2, -0.15) is 0 Å². The molecule has 2 heterocycles. The third-order valence-corrected chi connectivity index (χ3v) is 4.31. The van der Waals surface area contributed by atoms with Crippen LogP contribution in [0.15, 0.2) is 11.4 Å². The minimum absolute atomic E-state index is 0.0897. The molecule has 2 unspecified atom stereocenters. The Labute approximate surface area is 100 Å². The second-order valence-corrected chi connectivity index (χ2v) is 5.27. The molecule has 0 spiro atoms. The molecule has 1 amide bonds. The van der Waals surface area contributed by atoms with Gasteiger partial charge in [-0.05, 0) is 36.8 Å². The van der Waals surface area contributed by atoms with Crippen molar-refractivity contribution in [3.8, 4) is 0 Å². The average molecular weight is 238 g/mol. The lowest BCUT2D eigenvalue weighted by Crippen LogP contribution is -2.46. The third kappa shape index (κ3) is 1.87. The first-order valence-electron chi connectivity index (χ1n) is 5.77. The van der Waals surface area contributed by atoms with Crippen molar-refractivity contribution in [2.24, 2.45) is 5.73 Å². The van der Waals surface area contributed by atoms with Gasteiger partial charge >= 0.3 is 0 Å². The monoisotopic (exact) mass is 238 g/mol. The molecular weight excluding hydrogens is 220 g/mol. The number of hydrogen-bond donors (Lipinski definition) is 1. The summed E-state index contributed by atoms with van der Waals surface area (Å²) in [5.41, 5.74) is 7.12. The van der Waals surface area contributed by atoms with Crippen LogP contribution in [0.5, 0.6) is 0 Å². The molecule has 0 bridgehead atoms. The van der Waals surface area contributed by atoms with E-state index in [-0.39, 0.29) is 18.0 Å². The molecule has 88 valence electrons. The number of amides is 1. The summed E-state index contributed by atoms with van der Waals surface area (Å²) in [6.45, 7) is 4.85. The summed E-state index contributed by atoms with van der Waals surface area (Å²) in [7, 11) is 0. The molecule has 2 N–H and O–H groups in total. The normalized spacial score (nSPS) is 21.7. The quantitative estimate of drug-likeness (QED) is 0.855. The minimum atomic E-state index is -0.345. The van der Waals surface area contributed by atoms with E-state index >= 15 is 0 Å². The zero-order valence-electron chi connectivity index (χ0n) is 9.77. The SMILES string of the molecule is CCC(N)C(=O)N1CCc2sccc2C1C. The lowest BCUT2D eigenvalue weighted by Gasteiger charge is -2.35. The van der Waals surface area contributed by atoms with Crippen LogP contribution in [0, 0.1) is 0 Å². The Hall–Kier alpha value is -0.870. The van der Waals surface area contributed by atoms with Gasteiger partial charge in [0.2, 0.25) is 5.91 Å². The van der Waals surface area contributed by atoms with E-state index in [4.69, 9.17) is 5.73 Å². The molecule has 3 nitrogen and oxygen atoms in total. The molecule has 1 aliphatic heterocycles. The maximum atomic E-state index is 12.1. The number of carbonyl (C=O) groups excluding carboxylic acids is 1. The van der Waals surface area contributed by atoms with E-state index in [1.54, 1.807) is 11.3 Å². The summed E-state index contributed by atoms with van der Waals surface area (Å²) in [6, 6.07) is 1.96. The molecule has 2 atom stereocenters. The largest absolute Gasteiger partial charge is 0.334 e. The van der Waals surface area contributed by atoms with Crippen molar-refractivity contribution in [3.63, 3.8) is 0 Å². The second-order valence-electron chi connectivity index (χ2n) is 4.27. The van der Waals surface area contributed by atoms with Gasteiger partial charge in [0, 0.05) is 11.4 Å². The fourth-order valence-corrected chi connectivity index (χ4v) is 3.16. The molecule has 0 saturated heterocycles. The van der Waals surface area contributed by atoms with Crippen LogP contribution in [0.4, 0.5) is 0 Å². The molecule has 1 aliphatic rings. The van der Waals surface area contributed by atoms with Gasteiger partial charge in [0.05, 0.1) is 12.1 Å². The summed E-state index contributed by atoms with van der Waals surface area (Å²) in [5, 5.41) is 2.11. The molecular formula is C12H18N2OS. The van der Waals surface area contributed by atoms with Crippen molar-refractivity contribution in [2.75, 3.05) is 6.54 Å². The predicted molar refractivity (Wildman–Crippen MR) is 66.4 cm³/mol.